The smallest absolute Gasteiger partial charge is 0.164 e. The molecule has 7 nitrogen and oxygen atoms in total. The van der Waals surface area contributed by atoms with Crippen molar-refractivity contribution in [1.82, 2.24) is 29.6 Å². The Labute approximate surface area is 168 Å². The van der Waals surface area contributed by atoms with Crippen LogP contribution in [0.15, 0.2) is 36.8 Å². The van der Waals surface area contributed by atoms with Crippen molar-refractivity contribution >= 4 is 27.8 Å². The monoisotopic (exact) mass is 387 g/mol. The Kier molecular flexibility index (Phi) is 3.53. The van der Waals surface area contributed by atoms with Gasteiger partial charge >= 0.3 is 0 Å². The van der Waals surface area contributed by atoms with Gasteiger partial charge in [0.05, 0.1) is 11.4 Å². The van der Waals surface area contributed by atoms with Crippen LogP contribution < -0.4 is 11.1 Å². The Morgan fingerprint density at radius 3 is 2.76 bits per heavy atom. The fourth-order valence-corrected chi connectivity index (χ4v) is 5.45. The van der Waals surface area contributed by atoms with Gasteiger partial charge in [-0.25, -0.2) is 14.6 Å². The van der Waals surface area contributed by atoms with E-state index in [0.29, 0.717) is 17.3 Å². The summed E-state index contributed by atoms with van der Waals surface area (Å²) in [7, 11) is 2.07. The van der Waals surface area contributed by atoms with Crippen LogP contribution in [-0.2, 0) is 7.05 Å². The van der Waals surface area contributed by atoms with E-state index < -0.39 is 0 Å². The Balaban J connectivity index is 1.50. The summed E-state index contributed by atoms with van der Waals surface area (Å²) in [6.45, 7) is 2.26. The molecule has 3 N–H and O–H groups in total. The molecule has 1 saturated heterocycles. The number of nitrogens with two attached hydrogens (primary N) is 1. The van der Waals surface area contributed by atoms with Crippen molar-refractivity contribution in [3.05, 3.63) is 36.8 Å². The lowest BCUT2D eigenvalue weighted by Gasteiger charge is -2.50. The first-order chi connectivity index (χ1) is 14.2. The second-order valence-corrected chi connectivity index (χ2v) is 8.73. The van der Waals surface area contributed by atoms with Crippen LogP contribution in [0.1, 0.15) is 31.7 Å². The van der Waals surface area contributed by atoms with Gasteiger partial charge in [-0.1, -0.05) is 18.2 Å². The van der Waals surface area contributed by atoms with E-state index in [9.17, 15) is 0 Å². The molecule has 0 unspecified atom stereocenters. The van der Waals surface area contributed by atoms with Crippen LogP contribution in [-0.4, -0.2) is 37.4 Å². The maximum atomic E-state index is 6.33. The molecule has 0 bridgehead atoms. The van der Waals surface area contributed by atoms with Crippen molar-refractivity contribution in [2.24, 2.45) is 12.5 Å². The van der Waals surface area contributed by atoms with Crippen LogP contribution in [0.3, 0.4) is 0 Å². The van der Waals surface area contributed by atoms with Crippen molar-refractivity contribution in [3.63, 3.8) is 0 Å². The predicted molar refractivity (Wildman–Crippen MR) is 114 cm³/mol. The van der Waals surface area contributed by atoms with Gasteiger partial charge in [0.1, 0.15) is 17.8 Å². The zero-order valence-corrected chi connectivity index (χ0v) is 16.6. The molecule has 1 spiro atoms. The third-order valence-corrected chi connectivity index (χ3v) is 7.02. The minimum absolute atomic E-state index is 0.383. The number of aryl methyl sites for hydroxylation is 1. The number of para-hydroxylation sites is 1. The number of hydrogen-bond donors (Lipinski definition) is 2. The molecule has 29 heavy (non-hydrogen) atoms. The van der Waals surface area contributed by atoms with Crippen LogP contribution in [0.4, 0.5) is 5.82 Å². The largest absolute Gasteiger partial charge is 0.383 e. The highest BCUT2D eigenvalue weighted by molar-refractivity contribution is 6.05. The molecule has 0 radical (unpaired) electrons. The number of anilines is 1. The average molecular weight is 387 g/mol. The van der Waals surface area contributed by atoms with E-state index in [2.05, 4.69) is 62.0 Å². The van der Waals surface area contributed by atoms with Crippen LogP contribution in [0.5, 0.6) is 0 Å². The molecule has 2 aliphatic rings. The molecule has 4 aromatic rings. The van der Waals surface area contributed by atoms with Gasteiger partial charge in [-0.15, -0.1) is 0 Å². The third kappa shape index (κ3) is 2.43. The molecule has 1 saturated carbocycles. The summed E-state index contributed by atoms with van der Waals surface area (Å²) in [5, 5.41) is 10.6. The Bertz CT molecular complexity index is 1220. The maximum Gasteiger partial charge on any atom is 0.164 e. The molecule has 2 fully saturated rings. The second kappa shape index (κ2) is 6.03. The number of nitrogen functional groups attached to an aromatic ring is 1. The molecule has 3 aromatic heterocycles. The zero-order chi connectivity index (χ0) is 19.6. The number of aromatic nitrogens is 5. The van der Waals surface area contributed by atoms with Crippen molar-refractivity contribution in [2.75, 3.05) is 18.8 Å². The van der Waals surface area contributed by atoms with Gasteiger partial charge in [-0.2, -0.15) is 5.10 Å². The van der Waals surface area contributed by atoms with Gasteiger partial charge in [0.2, 0.25) is 0 Å². The van der Waals surface area contributed by atoms with E-state index in [1.54, 1.807) is 6.33 Å². The van der Waals surface area contributed by atoms with E-state index in [1.165, 1.54) is 36.6 Å². The summed E-state index contributed by atoms with van der Waals surface area (Å²) in [5.41, 5.74) is 10.8. The van der Waals surface area contributed by atoms with Crippen LogP contribution in [0.2, 0.25) is 0 Å². The van der Waals surface area contributed by atoms with Crippen LogP contribution in [0, 0.1) is 5.41 Å². The SMILES string of the molecule is Cn1cc(-c2nn(C3CC4(CCNCC4)C3)c3ncnc(N)c23)c2ccccc21. The lowest BCUT2D eigenvalue weighted by atomic mass is 9.60. The second-order valence-electron chi connectivity index (χ2n) is 8.73. The summed E-state index contributed by atoms with van der Waals surface area (Å²) < 4.78 is 4.26. The van der Waals surface area contributed by atoms with Gasteiger partial charge in [0, 0.05) is 29.7 Å². The van der Waals surface area contributed by atoms with Crippen molar-refractivity contribution in [3.8, 4) is 11.3 Å². The molecular weight excluding hydrogens is 362 g/mol. The number of nitrogens with one attached hydrogen (secondary N) is 1. The zero-order valence-electron chi connectivity index (χ0n) is 16.6. The van der Waals surface area contributed by atoms with Crippen LogP contribution in [0.25, 0.3) is 33.2 Å². The van der Waals surface area contributed by atoms with Gasteiger partial charge < -0.3 is 15.6 Å². The lowest BCUT2D eigenvalue weighted by molar-refractivity contribution is 0.0250. The van der Waals surface area contributed by atoms with Gasteiger partial charge in [-0.05, 0) is 50.3 Å². The number of fused-ring (bicyclic) bond motifs is 2. The number of nitrogens with zero attached hydrogens (tertiary/aromatic N) is 5. The summed E-state index contributed by atoms with van der Waals surface area (Å²) in [4.78, 5) is 8.88. The van der Waals surface area contributed by atoms with E-state index in [0.717, 1.165) is 35.4 Å². The summed E-state index contributed by atoms with van der Waals surface area (Å²) >= 11 is 0. The first-order valence-electron chi connectivity index (χ1n) is 10.4. The summed E-state index contributed by atoms with van der Waals surface area (Å²) in [5.74, 6) is 0.500. The van der Waals surface area contributed by atoms with E-state index >= 15 is 0 Å². The molecule has 4 heterocycles. The Morgan fingerprint density at radius 1 is 1.14 bits per heavy atom. The topological polar surface area (TPSA) is 86.6 Å². The van der Waals surface area contributed by atoms with Gasteiger partial charge in [0.15, 0.2) is 5.65 Å². The van der Waals surface area contributed by atoms with Crippen molar-refractivity contribution in [2.45, 2.75) is 31.7 Å². The molecule has 6 rings (SSSR count). The highest BCUT2D eigenvalue weighted by atomic mass is 15.3. The fraction of sp³-hybridized carbons (Fsp3) is 0.409. The average Bonchev–Trinajstić information content (AvgIpc) is 3.26. The van der Waals surface area contributed by atoms with Crippen molar-refractivity contribution in [1.29, 1.82) is 0 Å². The molecule has 1 aliphatic carbocycles. The minimum Gasteiger partial charge on any atom is -0.383 e. The molecule has 1 aliphatic heterocycles. The highest BCUT2D eigenvalue weighted by Crippen LogP contribution is 2.54. The number of rotatable bonds is 2. The van der Waals surface area contributed by atoms with Gasteiger partial charge in [0.25, 0.3) is 0 Å². The predicted octanol–water partition coefficient (Wildman–Crippen LogP) is 3.27. The standard InChI is InChI=1S/C22H25N7/c1-28-12-16(15-4-2-3-5-17(15)28)19-18-20(23)25-13-26-21(18)29(27-19)14-10-22(11-14)6-8-24-9-7-22/h2-5,12-14,24H,6-11H2,1H3,(H2,23,25,26). The molecule has 0 atom stereocenters. The first kappa shape index (κ1) is 17.0. The lowest BCUT2D eigenvalue weighted by Crippen LogP contribution is -2.46. The number of piperidine rings is 1. The first-order valence-corrected chi connectivity index (χ1v) is 10.4. The molecule has 0 amide bonds. The van der Waals surface area contributed by atoms with Crippen molar-refractivity contribution < 1.29 is 0 Å². The van der Waals surface area contributed by atoms with Crippen LogP contribution >= 0.6 is 0 Å². The molecule has 7 heteroatoms. The van der Waals surface area contributed by atoms with E-state index in [-0.39, 0.29) is 0 Å². The van der Waals surface area contributed by atoms with Gasteiger partial charge in [-0.3, -0.25) is 0 Å². The quantitative estimate of drug-likeness (QED) is 0.551. The number of hydrogen-bond acceptors (Lipinski definition) is 5. The highest BCUT2D eigenvalue weighted by Gasteiger charge is 2.46. The Morgan fingerprint density at radius 2 is 1.93 bits per heavy atom. The Hall–Kier alpha value is -2.93. The molecular formula is C22H25N7. The third-order valence-electron chi connectivity index (χ3n) is 7.02. The fourth-order valence-electron chi connectivity index (χ4n) is 5.45. The number of benzene rings is 1. The molecule has 1 aromatic carbocycles. The van der Waals surface area contributed by atoms with E-state index in [1.807, 2.05) is 0 Å². The minimum atomic E-state index is 0.383. The maximum absolute atomic E-state index is 6.33. The normalized spacial score (nSPS) is 19.2. The summed E-state index contributed by atoms with van der Waals surface area (Å²) in [6.07, 6.45) is 8.56. The summed E-state index contributed by atoms with van der Waals surface area (Å²) in [6, 6.07) is 8.78. The molecule has 148 valence electrons. The van der Waals surface area contributed by atoms with E-state index in [4.69, 9.17) is 10.8 Å².